The highest BCUT2D eigenvalue weighted by molar-refractivity contribution is 5.54. The summed E-state index contributed by atoms with van der Waals surface area (Å²) in [4.78, 5) is 18.0. The number of nitrogens with zero attached hydrogens (tertiary/aromatic N) is 5. The van der Waals surface area contributed by atoms with Crippen LogP contribution in [0.4, 0.5) is 11.4 Å². The summed E-state index contributed by atoms with van der Waals surface area (Å²) in [5, 5.41) is 17.6. The quantitative estimate of drug-likeness (QED) is 0.350. The minimum atomic E-state index is -0.125. The number of aromatic hydroxyl groups is 1. The molecule has 1 fully saturated rings. The Bertz CT molecular complexity index is 1360. The maximum atomic E-state index is 13.3. The highest BCUT2D eigenvalue weighted by Gasteiger charge is 2.22. The van der Waals surface area contributed by atoms with Crippen molar-refractivity contribution in [1.29, 1.82) is 0 Å². The second kappa shape index (κ2) is 11.6. The molecule has 1 saturated heterocycles. The van der Waals surface area contributed by atoms with Crippen molar-refractivity contribution in [3.63, 3.8) is 0 Å². The lowest BCUT2D eigenvalue weighted by molar-refractivity contribution is 0.323. The Labute approximate surface area is 223 Å². The number of phenolic OH excluding ortho intramolecular Hbond substituents is 1. The number of benzene rings is 3. The summed E-state index contributed by atoms with van der Waals surface area (Å²) >= 11 is 0. The Kier molecular flexibility index (Phi) is 7.79. The fraction of sp³-hybridized carbons (Fsp3) is 0.333. The normalized spacial score (nSPS) is 15.4. The molecule has 3 aromatic carbocycles. The van der Waals surface area contributed by atoms with Gasteiger partial charge in [-0.2, -0.15) is 5.10 Å². The lowest BCUT2D eigenvalue weighted by Crippen LogP contribution is -2.46. The molecule has 2 N–H and O–H groups in total. The van der Waals surface area contributed by atoms with Gasteiger partial charge in [0.25, 0.3) is 0 Å². The molecule has 5 rings (SSSR count). The first-order valence-corrected chi connectivity index (χ1v) is 13.4. The van der Waals surface area contributed by atoms with Gasteiger partial charge in [0.15, 0.2) is 0 Å². The second-order valence-electron chi connectivity index (χ2n) is 9.87. The molecule has 0 aliphatic carbocycles. The van der Waals surface area contributed by atoms with Gasteiger partial charge in [0.2, 0.25) is 0 Å². The molecule has 1 aliphatic heterocycles. The molecule has 1 aromatic heterocycles. The van der Waals surface area contributed by atoms with E-state index in [1.807, 2.05) is 42.5 Å². The smallest absolute Gasteiger partial charge is 0.350 e. The summed E-state index contributed by atoms with van der Waals surface area (Å²) in [6.45, 7) is 8.58. The van der Waals surface area contributed by atoms with Crippen LogP contribution in [0.2, 0.25) is 0 Å². The van der Waals surface area contributed by atoms with Crippen LogP contribution in [0.25, 0.3) is 5.69 Å². The molecule has 0 saturated carbocycles. The summed E-state index contributed by atoms with van der Waals surface area (Å²) in [6, 6.07) is 25.9. The van der Waals surface area contributed by atoms with E-state index in [0.717, 1.165) is 56.2 Å². The van der Waals surface area contributed by atoms with Crippen molar-refractivity contribution >= 4 is 11.4 Å². The SMILES string of the molecule is CCC(C(C)NCc1ccccc1)n1ncn(-c2ccc(N3CCN(c4ccc(O)cc4)CC3)cc2)c1=O. The first kappa shape index (κ1) is 25.6. The van der Waals surface area contributed by atoms with E-state index in [1.165, 1.54) is 5.56 Å². The van der Waals surface area contributed by atoms with Crippen LogP contribution in [0.3, 0.4) is 0 Å². The first-order chi connectivity index (χ1) is 18.5. The summed E-state index contributed by atoms with van der Waals surface area (Å²) in [6.07, 6.45) is 2.43. The van der Waals surface area contributed by atoms with Crippen LogP contribution in [0.5, 0.6) is 5.75 Å². The van der Waals surface area contributed by atoms with Crippen molar-refractivity contribution in [2.75, 3.05) is 36.0 Å². The van der Waals surface area contributed by atoms with Gasteiger partial charge in [-0.25, -0.2) is 14.0 Å². The van der Waals surface area contributed by atoms with Crippen LogP contribution in [0.1, 0.15) is 31.9 Å². The van der Waals surface area contributed by atoms with Gasteiger partial charge in [-0.1, -0.05) is 37.3 Å². The molecule has 4 aromatic rings. The number of rotatable bonds is 9. The largest absolute Gasteiger partial charge is 0.508 e. The Morgan fingerprint density at radius 3 is 1.97 bits per heavy atom. The molecule has 2 heterocycles. The average molecular weight is 513 g/mol. The molecule has 38 heavy (non-hydrogen) atoms. The lowest BCUT2D eigenvalue weighted by atomic mass is 10.1. The Hall–Kier alpha value is -4.04. The van der Waals surface area contributed by atoms with Crippen molar-refractivity contribution < 1.29 is 5.11 Å². The maximum Gasteiger partial charge on any atom is 0.350 e. The van der Waals surface area contributed by atoms with Crippen molar-refractivity contribution in [3.8, 4) is 11.4 Å². The molecular weight excluding hydrogens is 476 g/mol. The lowest BCUT2D eigenvalue weighted by Gasteiger charge is -2.37. The number of phenols is 1. The Balaban J connectivity index is 1.22. The van der Waals surface area contributed by atoms with Gasteiger partial charge in [-0.15, -0.1) is 0 Å². The molecule has 0 amide bonds. The van der Waals surface area contributed by atoms with Gasteiger partial charge in [-0.3, -0.25) is 0 Å². The van der Waals surface area contributed by atoms with Crippen molar-refractivity contribution in [3.05, 3.63) is 101 Å². The van der Waals surface area contributed by atoms with Gasteiger partial charge >= 0.3 is 5.69 Å². The summed E-state index contributed by atoms with van der Waals surface area (Å²) in [5.74, 6) is 0.288. The van der Waals surface area contributed by atoms with E-state index in [1.54, 1.807) is 27.7 Å². The van der Waals surface area contributed by atoms with E-state index < -0.39 is 0 Å². The number of piperazine rings is 1. The van der Waals surface area contributed by atoms with Crippen molar-refractivity contribution in [1.82, 2.24) is 19.7 Å². The van der Waals surface area contributed by atoms with Crippen LogP contribution >= 0.6 is 0 Å². The van der Waals surface area contributed by atoms with E-state index in [9.17, 15) is 9.90 Å². The molecular formula is C30H36N6O2. The summed E-state index contributed by atoms with van der Waals surface area (Å²) in [5.41, 5.74) is 4.18. The second-order valence-corrected chi connectivity index (χ2v) is 9.87. The minimum Gasteiger partial charge on any atom is -0.508 e. The fourth-order valence-electron chi connectivity index (χ4n) is 5.18. The third kappa shape index (κ3) is 5.60. The molecule has 198 valence electrons. The summed E-state index contributed by atoms with van der Waals surface area (Å²) < 4.78 is 3.23. The minimum absolute atomic E-state index is 0.0448. The van der Waals surface area contributed by atoms with E-state index >= 15 is 0 Å². The molecule has 2 unspecified atom stereocenters. The number of anilines is 2. The zero-order valence-electron chi connectivity index (χ0n) is 22.1. The van der Waals surface area contributed by atoms with Crippen molar-refractivity contribution in [2.24, 2.45) is 0 Å². The number of aromatic nitrogens is 3. The zero-order chi connectivity index (χ0) is 26.5. The van der Waals surface area contributed by atoms with Crippen LogP contribution in [-0.2, 0) is 6.54 Å². The molecule has 1 aliphatic rings. The van der Waals surface area contributed by atoms with Crippen LogP contribution < -0.4 is 20.8 Å². The van der Waals surface area contributed by atoms with E-state index in [2.05, 4.69) is 58.3 Å². The number of hydrogen-bond acceptors (Lipinski definition) is 6. The maximum absolute atomic E-state index is 13.3. The molecule has 0 spiro atoms. The summed E-state index contributed by atoms with van der Waals surface area (Å²) in [7, 11) is 0. The molecule has 8 heteroatoms. The van der Waals surface area contributed by atoms with Crippen LogP contribution in [-0.4, -0.2) is 51.7 Å². The zero-order valence-corrected chi connectivity index (χ0v) is 22.1. The monoisotopic (exact) mass is 512 g/mol. The molecule has 8 nitrogen and oxygen atoms in total. The Morgan fingerprint density at radius 1 is 0.842 bits per heavy atom. The van der Waals surface area contributed by atoms with Crippen molar-refractivity contribution in [2.45, 2.75) is 38.9 Å². The third-order valence-electron chi connectivity index (χ3n) is 7.46. The topological polar surface area (TPSA) is 78.6 Å². The predicted octanol–water partition coefficient (Wildman–Crippen LogP) is 4.20. The Morgan fingerprint density at radius 2 is 1.39 bits per heavy atom. The molecule has 0 radical (unpaired) electrons. The highest BCUT2D eigenvalue weighted by atomic mass is 16.3. The van der Waals surface area contributed by atoms with Gasteiger partial charge in [0, 0.05) is 50.1 Å². The van der Waals surface area contributed by atoms with Gasteiger partial charge in [0.05, 0.1) is 11.7 Å². The molecule has 2 atom stereocenters. The molecule has 0 bridgehead atoms. The number of hydrogen-bond donors (Lipinski definition) is 2. The van der Waals surface area contributed by atoms with Gasteiger partial charge in [-0.05, 0) is 67.4 Å². The van der Waals surface area contributed by atoms with E-state index in [0.29, 0.717) is 0 Å². The standard InChI is InChI=1S/C30H36N6O2/c1-3-29(23(2)31-21-24-7-5-4-6-8-24)36-30(38)35(22-32-36)27-11-9-25(10-12-27)33-17-19-34(20-18-33)26-13-15-28(37)16-14-26/h4-16,22-23,29,31,37H,3,17-21H2,1-2H3. The van der Waals surface area contributed by atoms with Crippen LogP contribution in [0, 0.1) is 0 Å². The van der Waals surface area contributed by atoms with Gasteiger partial charge in [0.1, 0.15) is 12.1 Å². The third-order valence-corrected chi connectivity index (χ3v) is 7.46. The number of nitrogens with one attached hydrogen (secondary N) is 1. The van der Waals surface area contributed by atoms with E-state index in [-0.39, 0.29) is 23.5 Å². The average Bonchev–Trinajstić information content (AvgIpc) is 3.34. The highest BCUT2D eigenvalue weighted by Crippen LogP contribution is 2.23. The van der Waals surface area contributed by atoms with Crippen LogP contribution in [0.15, 0.2) is 90.0 Å². The fourth-order valence-corrected chi connectivity index (χ4v) is 5.18. The van der Waals surface area contributed by atoms with Gasteiger partial charge < -0.3 is 20.2 Å². The predicted molar refractivity (Wildman–Crippen MR) is 152 cm³/mol. The van der Waals surface area contributed by atoms with E-state index in [4.69, 9.17) is 0 Å². The first-order valence-electron chi connectivity index (χ1n) is 13.4.